The van der Waals surface area contributed by atoms with E-state index in [1.54, 1.807) is 29.5 Å². The van der Waals surface area contributed by atoms with Gasteiger partial charge in [0.2, 0.25) is 5.91 Å². The minimum absolute atomic E-state index is 0.0830. The average molecular weight is 400 g/mol. The molecule has 3 heterocycles. The number of anilines is 1. The van der Waals surface area contributed by atoms with Crippen LogP contribution in [0, 0.1) is 0 Å². The molecule has 0 N–H and O–H groups in total. The normalized spacial score (nSPS) is 13.6. The van der Waals surface area contributed by atoms with E-state index in [2.05, 4.69) is 4.98 Å². The molecule has 1 amide bonds. The van der Waals surface area contributed by atoms with E-state index < -0.39 is 5.97 Å². The standard InChI is InChI=1S/C19H16N2O4S2/c22-17-5-7-24-16-4-2-1-3-15(16)21(17)9-18(23)25-10-14-12-27-19(20-14)13-6-8-26-11-13/h1-4,6,8,11-12H,5,7,9-10H2. The maximum atomic E-state index is 12.3. The van der Waals surface area contributed by atoms with Crippen molar-refractivity contribution < 1.29 is 19.1 Å². The fourth-order valence-corrected chi connectivity index (χ4v) is 4.23. The zero-order valence-corrected chi connectivity index (χ0v) is 15.9. The van der Waals surface area contributed by atoms with Crippen molar-refractivity contribution in [3.8, 4) is 16.3 Å². The number of carbonyl (C=O) groups is 2. The Hall–Kier alpha value is -2.71. The minimum atomic E-state index is -0.481. The molecule has 2 aromatic heterocycles. The van der Waals surface area contributed by atoms with Gasteiger partial charge in [-0.1, -0.05) is 12.1 Å². The zero-order chi connectivity index (χ0) is 18.6. The first-order valence-electron chi connectivity index (χ1n) is 8.35. The summed E-state index contributed by atoms with van der Waals surface area (Å²) in [5.74, 6) is -0.0495. The number of nitrogens with zero attached hydrogens (tertiary/aromatic N) is 2. The van der Waals surface area contributed by atoms with Crippen LogP contribution in [0.15, 0.2) is 46.5 Å². The second kappa shape index (κ2) is 7.89. The number of fused-ring (bicyclic) bond motifs is 1. The number of carbonyl (C=O) groups excluding carboxylic acids is 2. The summed E-state index contributed by atoms with van der Waals surface area (Å²) in [6.45, 7) is 0.228. The summed E-state index contributed by atoms with van der Waals surface area (Å²) < 4.78 is 10.9. The summed E-state index contributed by atoms with van der Waals surface area (Å²) in [5, 5.41) is 6.80. The predicted molar refractivity (Wildman–Crippen MR) is 104 cm³/mol. The average Bonchev–Trinajstić information content (AvgIpc) is 3.34. The largest absolute Gasteiger partial charge is 0.491 e. The number of benzene rings is 1. The van der Waals surface area contributed by atoms with Gasteiger partial charge in [-0.25, -0.2) is 4.98 Å². The van der Waals surface area contributed by atoms with Gasteiger partial charge in [0.25, 0.3) is 0 Å². The van der Waals surface area contributed by atoms with Crippen LogP contribution in [0.5, 0.6) is 5.75 Å². The Morgan fingerprint density at radius 2 is 2.15 bits per heavy atom. The number of para-hydroxylation sites is 2. The molecule has 0 atom stereocenters. The van der Waals surface area contributed by atoms with Gasteiger partial charge in [-0.05, 0) is 23.6 Å². The van der Waals surface area contributed by atoms with Crippen LogP contribution < -0.4 is 9.64 Å². The smallest absolute Gasteiger partial charge is 0.326 e. The van der Waals surface area contributed by atoms with Crippen LogP contribution in [-0.4, -0.2) is 30.0 Å². The number of thiophene rings is 1. The molecule has 6 nitrogen and oxygen atoms in total. The molecule has 138 valence electrons. The second-order valence-corrected chi connectivity index (χ2v) is 7.50. The third kappa shape index (κ3) is 4.01. The van der Waals surface area contributed by atoms with Gasteiger partial charge in [-0.3, -0.25) is 14.5 Å². The van der Waals surface area contributed by atoms with Crippen LogP contribution in [0.2, 0.25) is 0 Å². The first-order chi connectivity index (χ1) is 13.2. The van der Waals surface area contributed by atoms with Gasteiger partial charge in [0.15, 0.2) is 0 Å². The number of rotatable bonds is 5. The van der Waals surface area contributed by atoms with Crippen LogP contribution in [0.3, 0.4) is 0 Å². The third-order valence-electron chi connectivity index (χ3n) is 4.02. The number of esters is 1. The second-order valence-electron chi connectivity index (χ2n) is 5.86. The molecule has 0 radical (unpaired) electrons. The Morgan fingerprint density at radius 3 is 3.00 bits per heavy atom. The monoisotopic (exact) mass is 400 g/mol. The Balaban J connectivity index is 1.40. The third-order valence-corrected chi connectivity index (χ3v) is 5.64. The fraction of sp³-hybridized carbons (Fsp3) is 0.211. The van der Waals surface area contributed by atoms with Crippen molar-refractivity contribution in [1.82, 2.24) is 4.98 Å². The molecule has 0 bridgehead atoms. The summed E-state index contributed by atoms with van der Waals surface area (Å²) in [6.07, 6.45) is 0.220. The summed E-state index contributed by atoms with van der Waals surface area (Å²) >= 11 is 3.12. The fourth-order valence-electron chi connectivity index (χ4n) is 2.71. The van der Waals surface area contributed by atoms with Crippen LogP contribution in [-0.2, 0) is 20.9 Å². The highest BCUT2D eigenvalue weighted by molar-refractivity contribution is 7.14. The molecule has 0 saturated heterocycles. The molecule has 3 aromatic rings. The highest BCUT2D eigenvalue weighted by Gasteiger charge is 2.25. The van der Waals surface area contributed by atoms with E-state index in [-0.39, 0.29) is 25.5 Å². The van der Waals surface area contributed by atoms with Gasteiger partial charge in [0, 0.05) is 16.3 Å². The molecule has 0 saturated carbocycles. The van der Waals surface area contributed by atoms with Gasteiger partial charge in [-0.2, -0.15) is 11.3 Å². The van der Waals surface area contributed by atoms with E-state index in [4.69, 9.17) is 9.47 Å². The van der Waals surface area contributed by atoms with Gasteiger partial charge >= 0.3 is 5.97 Å². The lowest BCUT2D eigenvalue weighted by Gasteiger charge is -2.20. The number of aromatic nitrogens is 1. The topological polar surface area (TPSA) is 68.7 Å². The number of ether oxygens (including phenoxy) is 2. The summed E-state index contributed by atoms with van der Waals surface area (Å²) in [6, 6.07) is 9.19. The number of hydrogen-bond donors (Lipinski definition) is 0. The lowest BCUT2D eigenvalue weighted by atomic mass is 10.2. The predicted octanol–water partition coefficient (Wildman–Crippen LogP) is 3.73. The quantitative estimate of drug-likeness (QED) is 0.611. The van der Waals surface area contributed by atoms with Crippen molar-refractivity contribution in [3.05, 3.63) is 52.2 Å². The SMILES string of the molecule is O=C(CN1C(=O)CCOc2ccccc21)OCc1csc(-c2ccsc2)n1. The number of amides is 1. The lowest BCUT2D eigenvalue weighted by molar-refractivity contribution is -0.144. The molecular formula is C19H16N2O4S2. The van der Waals surface area contributed by atoms with Crippen LogP contribution >= 0.6 is 22.7 Å². The van der Waals surface area contributed by atoms with Gasteiger partial charge in [0.1, 0.15) is 23.9 Å². The maximum Gasteiger partial charge on any atom is 0.326 e. The molecule has 1 aliphatic rings. The van der Waals surface area contributed by atoms with E-state index in [0.717, 1.165) is 10.6 Å². The zero-order valence-electron chi connectivity index (χ0n) is 14.3. The van der Waals surface area contributed by atoms with Crippen molar-refractivity contribution in [2.45, 2.75) is 13.0 Å². The Bertz CT molecular complexity index is 952. The molecule has 0 spiro atoms. The molecule has 4 rings (SSSR count). The van der Waals surface area contributed by atoms with Gasteiger partial charge < -0.3 is 9.47 Å². The minimum Gasteiger partial charge on any atom is -0.491 e. The highest BCUT2D eigenvalue weighted by Crippen LogP contribution is 2.31. The van der Waals surface area contributed by atoms with E-state index in [1.165, 1.54) is 16.2 Å². The molecular weight excluding hydrogens is 384 g/mol. The molecule has 0 unspecified atom stereocenters. The van der Waals surface area contributed by atoms with E-state index in [9.17, 15) is 9.59 Å². The van der Waals surface area contributed by atoms with Crippen molar-refractivity contribution in [1.29, 1.82) is 0 Å². The molecule has 27 heavy (non-hydrogen) atoms. The Morgan fingerprint density at radius 1 is 1.26 bits per heavy atom. The van der Waals surface area contributed by atoms with Crippen LogP contribution in [0.25, 0.3) is 10.6 Å². The molecule has 1 aromatic carbocycles. The van der Waals surface area contributed by atoms with Crippen molar-refractivity contribution in [2.24, 2.45) is 0 Å². The first-order valence-corrected chi connectivity index (χ1v) is 10.2. The maximum absolute atomic E-state index is 12.3. The Kier molecular flexibility index (Phi) is 5.17. The van der Waals surface area contributed by atoms with Crippen molar-refractivity contribution in [2.75, 3.05) is 18.1 Å². The molecule has 0 aliphatic carbocycles. The van der Waals surface area contributed by atoms with Crippen molar-refractivity contribution in [3.63, 3.8) is 0 Å². The van der Waals surface area contributed by atoms with E-state index in [1.807, 2.05) is 28.3 Å². The lowest BCUT2D eigenvalue weighted by Crippen LogP contribution is -2.36. The van der Waals surface area contributed by atoms with Crippen LogP contribution in [0.4, 0.5) is 5.69 Å². The van der Waals surface area contributed by atoms with E-state index >= 15 is 0 Å². The highest BCUT2D eigenvalue weighted by atomic mass is 32.1. The van der Waals surface area contributed by atoms with E-state index in [0.29, 0.717) is 23.7 Å². The summed E-state index contributed by atoms with van der Waals surface area (Å²) in [4.78, 5) is 30.6. The van der Waals surface area contributed by atoms with Crippen molar-refractivity contribution >= 4 is 40.2 Å². The van der Waals surface area contributed by atoms with Gasteiger partial charge in [0.05, 0.1) is 24.4 Å². The summed E-state index contributed by atoms with van der Waals surface area (Å²) in [7, 11) is 0. The number of hydrogen-bond acceptors (Lipinski definition) is 7. The van der Waals surface area contributed by atoms with Crippen LogP contribution in [0.1, 0.15) is 12.1 Å². The molecule has 1 aliphatic heterocycles. The molecule has 8 heteroatoms. The van der Waals surface area contributed by atoms with Gasteiger partial charge in [-0.15, -0.1) is 11.3 Å². The number of thiazole rings is 1. The first kappa shape index (κ1) is 17.7. The Labute approximate surface area is 164 Å². The molecule has 0 fully saturated rings. The summed E-state index contributed by atoms with van der Waals surface area (Å²) in [5.41, 5.74) is 2.35.